The number of hydrogen-bond acceptors (Lipinski definition) is 3. The summed E-state index contributed by atoms with van der Waals surface area (Å²) >= 11 is 12.0. The molecule has 3 rings (SSSR count). The van der Waals surface area contributed by atoms with Crippen molar-refractivity contribution < 1.29 is 13.2 Å². The van der Waals surface area contributed by atoms with Gasteiger partial charge in [0, 0.05) is 29.6 Å². The number of hydrogen-bond donors (Lipinski definition) is 0. The number of sulfonamides is 1. The van der Waals surface area contributed by atoms with Gasteiger partial charge in [0.25, 0.3) is 0 Å². The first-order chi connectivity index (χ1) is 11.9. The van der Waals surface area contributed by atoms with Crippen molar-refractivity contribution in [1.29, 1.82) is 0 Å². The first-order valence-corrected chi connectivity index (χ1v) is 10.1. The molecule has 1 aliphatic heterocycles. The molecular formula is C18H17Cl2NO3S. The minimum atomic E-state index is -3.73. The third-order valence-electron chi connectivity index (χ3n) is 4.32. The molecule has 0 spiro atoms. The van der Waals surface area contributed by atoms with Crippen LogP contribution in [0.3, 0.4) is 0 Å². The van der Waals surface area contributed by atoms with Crippen LogP contribution in [0.2, 0.25) is 10.0 Å². The van der Waals surface area contributed by atoms with Gasteiger partial charge in [-0.2, -0.15) is 4.31 Å². The Kier molecular flexibility index (Phi) is 5.49. The van der Waals surface area contributed by atoms with Gasteiger partial charge in [0.1, 0.15) is 4.90 Å². The monoisotopic (exact) mass is 397 g/mol. The molecule has 0 amide bonds. The third-order valence-corrected chi connectivity index (χ3v) is 6.92. The maximum absolute atomic E-state index is 12.9. The van der Waals surface area contributed by atoms with E-state index < -0.39 is 10.0 Å². The van der Waals surface area contributed by atoms with Crippen LogP contribution in [0.1, 0.15) is 23.2 Å². The predicted molar refractivity (Wildman–Crippen MR) is 98.7 cm³/mol. The van der Waals surface area contributed by atoms with Crippen LogP contribution in [0.15, 0.2) is 53.4 Å². The van der Waals surface area contributed by atoms with E-state index in [1.54, 1.807) is 42.5 Å². The summed E-state index contributed by atoms with van der Waals surface area (Å²) in [5.74, 6) is -0.467. The maximum Gasteiger partial charge on any atom is 0.244 e. The Bertz CT molecular complexity index is 899. The van der Waals surface area contributed by atoms with E-state index in [4.69, 9.17) is 23.2 Å². The number of halogens is 2. The fourth-order valence-electron chi connectivity index (χ4n) is 3.05. The van der Waals surface area contributed by atoms with Gasteiger partial charge in [-0.3, -0.25) is 4.79 Å². The van der Waals surface area contributed by atoms with Gasteiger partial charge in [-0.15, -0.1) is 0 Å². The molecule has 0 bridgehead atoms. The Labute approximate surface area is 157 Å². The van der Waals surface area contributed by atoms with E-state index in [1.165, 1.54) is 10.4 Å². The molecule has 0 N–H and O–H groups in total. The first-order valence-electron chi connectivity index (χ1n) is 7.94. The van der Waals surface area contributed by atoms with Gasteiger partial charge in [0.05, 0.1) is 5.02 Å². The van der Waals surface area contributed by atoms with Crippen LogP contribution in [-0.2, 0) is 10.0 Å². The van der Waals surface area contributed by atoms with E-state index in [1.807, 2.05) is 0 Å². The van der Waals surface area contributed by atoms with Gasteiger partial charge in [-0.1, -0.05) is 47.5 Å². The van der Waals surface area contributed by atoms with Crippen LogP contribution in [0.5, 0.6) is 0 Å². The van der Waals surface area contributed by atoms with Gasteiger partial charge in [-0.05, 0) is 37.1 Å². The molecule has 1 heterocycles. The summed E-state index contributed by atoms with van der Waals surface area (Å²) in [6.45, 7) is 0.534. The predicted octanol–water partition coefficient (Wildman–Crippen LogP) is 4.28. The Morgan fingerprint density at radius 1 is 1.08 bits per heavy atom. The summed E-state index contributed by atoms with van der Waals surface area (Å²) in [4.78, 5) is 12.8. The molecule has 0 radical (unpaired) electrons. The zero-order valence-corrected chi connectivity index (χ0v) is 15.7. The Balaban J connectivity index is 1.84. The highest BCUT2D eigenvalue weighted by molar-refractivity contribution is 7.89. The zero-order chi connectivity index (χ0) is 18.0. The lowest BCUT2D eigenvalue weighted by atomic mass is 9.91. The minimum absolute atomic E-state index is 0.0764. The van der Waals surface area contributed by atoms with E-state index in [2.05, 4.69) is 0 Å². The molecular weight excluding hydrogens is 381 g/mol. The Morgan fingerprint density at radius 2 is 1.84 bits per heavy atom. The average molecular weight is 398 g/mol. The number of benzene rings is 2. The molecule has 0 unspecified atom stereocenters. The molecule has 0 aromatic heterocycles. The lowest BCUT2D eigenvalue weighted by Gasteiger charge is -2.31. The molecule has 1 saturated heterocycles. The molecule has 2 aromatic carbocycles. The van der Waals surface area contributed by atoms with Gasteiger partial charge in [0.15, 0.2) is 5.78 Å². The van der Waals surface area contributed by atoms with Gasteiger partial charge in [-0.25, -0.2) is 8.42 Å². The molecule has 25 heavy (non-hydrogen) atoms. The number of rotatable bonds is 4. The van der Waals surface area contributed by atoms with E-state index in [-0.39, 0.29) is 28.2 Å². The van der Waals surface area contributed by atoms with Crippen LogP contribution in [0.4, 0.5) is 0 Å². The highest BCUT2D eigenvalue weighted by atomic mass is 35.5. The van der Waals surface area contributed by atoms with E-state index in [0.29, 0.717) is 30.0 Å². The second kappa shape index (κ2) is 7.46. The minimum Gasteiger partial charge on any atom is -0.294 e. The molecule has 1 atom stereocenters. The number of piperidine rings is 1. The number of nitrogens with zero attached hydrogens (tertiary/aromatic N) is 1. The van der Waals surface area contributed by atoms with Crippen molar-refractivity contribution in [2.45, 2.75) is 17.7 Å². The molecule has 1 fully saturated rings. The summed E-state index contributed by atoms with van der Waals surface area (Å²) in [6.07, 6.45) is 1.28. The molecule has 0 saturated carbocycles. The summed E-state index contributed by atoms with van der Waals surface area (Å²) in [5, 5.41) is 0.674. The second-order valence-corrected chi connectivity index (χ2v) is 8.76. The van der Waals surface area contributed by atoms with Crippen LogP contribution < -0.4 is 0 Å². The fourth-order valence-corrected chi connectivity index (χ4v) is 5.25. The van der Waals surface area contributed by atoms with Crippen molar-refractivity contribution in [2.24, 2.45) is 5.92 Å². The molecule has 132 valence electrons. The average Bonchev–Trinajstić information content (AvgIpc) is 2.61. The van der Waals surface area contributed by atoms with Gasteiger partial charge in [0.2, 0.25) is 10.0 Å². The van der Waals surface area contributed by atoms with Crippen molar-refractivity contribution in [1.82, 2.24) is 4.31 Å². The zero-order valence-electron chi connectivity index (χ0n) is 13.4. The highest BCUT2D eigenvalue weighted by Gasteiger charge is 2.34. The number of Topliss-reactive ketones (excluding diaryl/α,β-unsaturated/α-hetero) is 1. The maximum atomic E-state index is 12.9. The van der Waals surface area contributed by atoms with E-state index in [9.17, 15) is 13.2 Å². The smallest absolute Gasteiger partial charge is 0.244 e. The summed E-state index contributed by atoms with van der Waals surface area (Å²) in [5.41, 5.74) is 0.509. The van der Waals surface area contributed by atoms with Crippen LogP contribution >= 0.6 is 23.2 Å². The van der Waals surface area contributed by atoms with Gasteiger partial charge >= 0.3 is 0 Å². The van der Waals surface area contributed by atoms with Crippen molar-refractivity contribution in [3.05, 3.63) is 64.1 Å². The molecule has 4 nitrogen and oxygen atoms in total. The largest absolute Gasteiger partial charge is 0.294 e. The summed E-state index contributed by atoms with van der Waals surface area (Å²) in [7, 11) is -3.73. The van der Waals surface area contributed by atoms with Crippen LogP contribution in [-0.4, -0.2) is 31.6 Å². The molecule has 1 aliphatic rings. The van der Waals surface area contributed by atoms with Crippen molar-refractivity contribution in [2.75, 3.05) is 13.1 Å². The van der Waals surface area contributed by atoms with Crippen LogP contribution in [0, 0.1) is 5.92 Å². The molecule has 7 heteroatoms. The fraction of sp³-hybridized carbons (Fsp3) is 0.278. The Morgan fingerprint density at radius 3 is 2.56 bits per heavy atom. The SMILES string of the molecule is O=C(c1cccc(Cl)c1)[C@H]1CCCN(S(=O)(=O)c2ccccc2Cl)C1. The number of ketones is 1. The second-order valence-electron chi connectivity index (χ2n) is 6.01. The third kappa shape index (κ3) is 3.90. The number of carbonyl (C=O) groups is 1. The van der Waals surface area contributed by atoms with Gasteiger partial charge < -0.3 is 0 Å². The summed E-state index contributed by atoms with van der Waals surface area (Å²) < 4.78 is 27.1. The van der Waals surface area contributed by atoms with Crippen molar-refractivity contribution in [3.63, 3.8) is 0 Å². The van der Waals surface area contributed by atoms with E-state index in [0.717, 1.165) is 0 Å². The number of carbonyl (C=O) groups excluding carboxylic acids is 1. The lowest BCUT2D eigenvalue weighted by Crippen LogP contribution is -2.42. The normalized spacial score (nSPS) is 18.9. The molecule has 2 aromatic rings. The van der Waals surface area contributed by atoms with E-state index >= 15 is 0 Å². The lowest BCUT2D eigenvalue weighted by molar-refractivity contribution is 0.0872. The standard InChI is InChI=1S/C18H17Cl2NO3S/c19-15-7-3-5-13(11-15)18(22)14-6-4-10-21(12-14)25(23,24)17-9-2-1-8-16(17)20/h1-3,5,7-9,11,14H,4,6,10,12H2/t14-/m0/s1. The quantitative estimate of drug-likeness (QED) is 0.723. The van der Waals surface area contributed by atoms with Crippen LogP contribution in [0.25, 0.3) is 0 Å². The topological polar surface area (TPSA) is 54.5 Å². The highest BCUT2D eigenvalue weighted by Crippen LogP contribution is 2.29. The van der Waals surface area contributed by atoms with Crippen molar-refractivity contribution in [3.8, 4) is 0 Å². The Hall–Kier alpha value is -1.40. The summed E-state index contributed by atoms with van der Waals surface area (Å²) in [6, 6.07) is 13.1. The first kappa shape index (κ1) is 18.4. The van der Waals surface area contributed by atoms with Crippen molar-refractivity contribution >= 4 is 39.0 Å². The molecule has 0 aliphatic carbocycles.